The first-order chi connectivity index (χ1) is 14.7. The number of hydrogen-bond donors (Lipinski definition) is 2. The fourth-order valence-electron chi connectivity index (χ4n) is 4.12. The minimum absolute atomic E-state index is 0.0588. The normalized spacial score (nSPS) is 21.2. The van der Waals surface area contributed by atoms with E-state index in [-0.39, 0.29) is 18.5 Å². The number of amides is 1. The van der Waals surface area contributed by atoms with Gasteiger partial charge in [0.1, 0.15) is 12.0 Å². The Labute approximate surface area is 173 Å². The van der Waals surface area contributed by atoms with Gasteiger partial charge in [-0.25, -0.2) is 15.0 Å². The Morgan fingerprint density at radius 3 is 2.63 bits per heavy atom. The van der Waals surface area contributed by atoms with E-state index >= 15 is 0 Å². The Hall–Kier alpha value is -3.40. The highest BCUT2D eigenvalue weighted by Crippen LogP contribution is 2.34. The van der Waals surface area contributed by atoms with Crippen molar-refractivity contribution in [3.63, 3.8) is 0 Å². The van der Waals surface area contributed by atoms with Crippen molar-refractivity contribution in [3.05, 3.63) is 30.9 Å². The van der Waals surface area contributed by atoms with E-state index in [0.29, 0.717) is 35.0 Å². The Morgan fingerprint density at radius 1 is 1.07 bits per heavy atom. The predicted molar refractivity (Wildman–Crippen MR) is 110 cm³/mol. The molecule has 10 heteroatoms. The molecule has 4 heterocycles. The summed E-state index contributed by atoms with van der Waals surface area (Å²) in [6.45, 7) is 0.288. The van der Waals surface area contributed by atoms with Gasteiger partial charge < -0.3 is 15.0 Å². The number of aromatic nitrogens is 6. The van der Waals surface area contributed by atoms with Gasteiger partial charge in [-0.3, -0.25) is 14.9 Å². The second-order valence-corrected chi connectivity index (χ2v) is 7.54. The van der Waals surface area contributed by atoms with Gasteiger partial charge >= 0.3 is 0 Å². The number of aromatic amines is 1. The molecule has 0 bridgehead atoms. The van der Waals surface area contributed by atoms with Crippen LogP contribution in [-0.4, -0.2) is 61.8 Å². The molecular weight excluding hydrogens is 384 g/mol. The molecule has 3 aromatic heterocycles. The predicted octanol–water partition coefficient (Wildman–Crippen LogP) is 2.04. The van der Waals surface area contributed by atoms with Gasteiger partial charge in [0.25, 0.3) is 0 Å². The zero-order chi connectivity index (χ0) is 20.5. The first kappa shape index (κ1) is 18.6. The number of methoxy groups -OCH3 is 1. The third kappa shape index (κ3) is 3.50. The number of ether oxygens (including phenoxy) is 1. The Bertz CT molecular complexity index is 1030. The lowest BCUT2D eigenvalue weighted by molar-refractivity contribution is -0.115. The van der Waals surface area contributed by atoms with E-state index in [2.05, 4.69) is 35.4 Å². The topological polar surface area (TPSA) is 122 Å². The molecule has 0 unspecified atom stereocenters. The lowest BCUT2D eigenvalue weighted by Gasteiger charge is -2.39. The number of fused-ring (bicyclic) bond motifs is 1. The molecule has 0 radical (unpaired) electrons. The van der Waals surface area contributed by atoms with Gasteiger partial charge in [0.05, 0.1) is 24.5 Å². The van der Waals surface area contributed by atoms with E-state index in [0.717, 1.165) is 31.2 Å². The fraction of sp³-hybridized carbons (Fsp3) is 0.400. The molecule has 1 fully saturated rings. The van der Waals surface area contributed by atoms with Crippen molar-refractivity contribution in [2.45, 2.75) is 37.8 Å². The van der Waals surface area contributed by atoms with E-state index in [4.69, 9.17) is 9.72 Å². The monoisotopic (exact) mass is 406 g/mol. The largest absolute Gasteiger partial charge is 0.381 e. The molecule has 2 aliphatic rings. The van der Waals surface area contributed by atoms with Crippen LogP contribution in [0.5, 0.6) is 0 Å². The van der Waals surface area contributed by atoms with Crippen molar-refractivity contribution in [2.24, 2.45) is 0 Å². The number of pyridine rings is 1. The second-order valence-electron chi connectivity index (χ2n) is 7.54. The van der Waals surface area contributed by atoms with Gasteiger partial charge in [0.2, 0.25) is 5.91 Å². The second kappa shape index (κ2) is 7.79. The zero-order valence-corrected chi connectivity index (χ0v) is 16.6. The fourth-order valence-corrected chi connectivity index (χ4v) is 4.12. The third-order valence-corrected chi connectivity index (χ3v) is 5.73. The molecule has 10 nitrogen and oxygen atoms in total. The summed E-state index contributed by atoms with van der Waals surface area (Å²) in [6.07, 6.45) is 9.03. The standard InChI is InChI=1S/C20H22N8O2/c1-30-14-5-3-13(4-6-14)28-10-17(29)26-19-20(28)25-16(9-22-19)12-2-7-15(21-8-12)18-23-11-24-27-18/h2,7-9,11,13-14H,3-6,10H2,1H3,(H,22,26,29)(H,23,24,27). The van der Waals surface area contributed by atoms with Crippen LogP contribution in [0.1, 0.15) is 25.7 Å². The first-order valence-corrected chi connectivity index (χ1v) is 10.00. The van der Waals surface area contributed by atoms with Gasteiger partial charge in [-0.05, 0) is 37.8 Å². The summed E-state index contributed by atoms with van der Waals surface area (Å²) in [4.78, 5) is 32.2. The van der Waals surface area contributed by atoms with Crippen molar-refractivity contribution < 1.29 is 9.53 Å². The van der Waals surface area contributed by atoms with Crippen molar-refractivity contribution in [2.75, 3.05) is 23.9 Å². The molecule has 3 aromatic rings. The number of nitrogens with zero attached hydrogens (tertiary/aromatic N) is 6. The maximum Gasteiger partial charge on any atom is 0.245 e. The summed E-state index contributed by atoms with van der Waals surface area (Å²) in [7, 11) is 1.76. The van der Waals surface area contributed by atoms with Crippen LogP contribution < -0.4 is 10.2 Å². The van der Waals surface area contributed by atoms with Gasteiger partial charge in [-0.1, -0.05) is 0 Å². The van der Waals surface area contributed by atoms with Crippen molar-refractivity contribution in [1.29, 1.82) is 0 Å². The molecule has 2 N–H and O–H groups in total. The molecule has 30 heavy (non-hydrogen) atoms. The van der Waals surface area contributed by atoms with Crippen LogP contribution in [0.15, 0.2) is 30.9 Å². The van der Waals surface area contributed by atoms with E-state index in [1.807, 2.05) is 12.1 Å². The first-order valence-electron chi connectivity index (χ1n) is 10.00. The lowest BCUT2D eigenvalue weighted by Crippen LogP contribution is -2.47. The quantitative estimate of drug-likeness (QED) is 0.675. The highest BCUT2D eigenvalue weighted by Gasteiger charge is 2.33. The number of nitrogens with one attached hydrogen (secondary N) is 2. The Kier molecular flexibility index (Phi) is 4.83. The van der Waals surface area contributed by atoms with Gasteiger partial charge in [0, 0.05) is 24.9 Å². The summed E-state index contributed by atoms with van der Waals surface area (Å²) in [5, 5.41) is 9.49. The van der Waals surface area contributed by atoms with E-state index < -0.39 is 0 Å². The molecule has 1 amide bonds. The average Bonchev–Trinajstić information content (AvgIpc) is 3.33. The SMILES string of the molecule is COC1CCC(N2CC(=O)Nc3ncc(-c4ccc(-c5ncn[nH]5)nc4)nc32)CC1. The number of carbonyl (C=O) groups is 1. The van der Waals surface area contributed by atoms with Gasteiger partial charge in [-0.2, -0.15) is 5.10 Å². The number of H-pyrrole nitrogens is 1. The summed E-state index contributed by atoms with van der Waals surface area (Å²) >= 11 is 0. The van der Waals surface area contributed by atoms with Crippen LogP contribution in [0, 0.1) is 0 Å². The zero-order valence-electron chi connectivity index (χ0n) is 16.6. The maximum absolute atomic E-state index is 12.2. The minimum Gasteiger partial charge on any atom is -0.381 e. The molecule has 0 saturated heterocycles. The van der Waals surface area contributed by atoms with Gasteiger partial charge in [-0.15, -0.1) is 0 Å². The minimum atomic E-state index is -0.0588. The van der Waals surface area contributed by atoms with Crippen LogP contribution in [-0.2, 0) is 9.53 Å². The molecule has 154 valence electrons. The summed E-state index contributed by atoms with van der Waals surface area (Å²) < 4.78 is 5.49. The Morgan fingerprint density at radius 2 is 1.93 bits per heavy atom. The van der Waals surface area contributed by atoms with Crippen LogP contribution in [0.4, 0.5) is 11.6 Å². The van der Waals surface area contributed by atoms with Crippen molar-refractivity contribution >= 4 is 17.5 Å². The molecular formula is C20H22N8O2. The van der Waals surface area contributed by atoms with Crippen LogP contribution >= 0.6 is 0 Å². The van der Waals surface area contributed by atoms with Crippen molar-refractivity contribution in [3.8, 4) is 22.8 Å². The van der Waals surface area contributed by atoms with E-state index in [1.54, 1.807) is 19.5 Å². The molecule has 1 aliphatic carbocycles. The summed E-state index contributed by atoms with van der Waals surface area (Å²) in [5.41, 5.74) is 2.25. The maximum atomic E-state index is 12.2. The number of carbonyl (C=O) groups excluding carboxylic acids is 1. The van der Waals surface area contributed by atoms with Crippen LogP contribution in [0.3, 0.4) is 0 Å². The van der Waals surface area contributed by atoms with Gasteiger partial charge in [0.15, 0.2) is 17.5 Å². The number of hydrogen-bond acceptors (Lipinski definition) is 8. The van der Waals surface area contributed by atoms with Crippen LogP contribution in [0.2, 0.25) is 0 Å². The Balaban J connectivity index is 1.43. The average molecular weight is 406 g/mol. The molecule has 0 spiro atoms. The summed E-state index contributed by atoms with van der Waals surface area (Å²) in [6, 6.07) is 4.04. The highest BCUT2D eigenvalue weighted by molar-refractivity contribution is 5.99. The lowest BCUT2D eigenvalue weighted by atomic mass is 9.91. The van der Waals surface area contributed by atoms with Crippen LogP contribution in [0.25, 0.3) is 22.8 Å². The number of anilines is 2. The molecule has 1 aliphatic heterocycles. The number of rotatable bonds is 4. The molecule has 0 aromatic carbocycles. The van der Waals surface area contributed by atoms with Crippen molar-refractivity contribution in [1.82, 2.24) is 30.1 Å². The molecule has 5 rings (SSSR count). The third-order valence-electron chi connectivity index (χ3n) is 5.73. The van der Waals surface area contributed by atoms with E-state index in [9.17, 15) is 4.79 Å². The highest BCUT2D eigenvalue weighted by atomic mass is 16.5. The molecule has 1 saturated carbocycles. The smallest absolute Gasteiger partial charge is 0.245 e. The molecule has 0 atom stereocenters. The van der Waals surface area contributed by atoms with E-state index in [1.165, 1.54) is 6.33 Å². The summed E-state index contributed by atoms with van der Waals surface area (Å²) in [5.74, 6) is 1.78.